The van der Waals surface area contributed by atoms with E-state index in [2.05, 4.69) is 15.6 Å². The highest BCUT2D eigenvalue weighted by molar-refractivity contribution is 7.98. The lowest BCUT2D eigenvalue weighted by Crippen LogP contribution is -2.43. The summed E-state index contributed by atoms with van der Waals surface area (Å²) in [6.07, 6.45) is 1.73. The second-order valence-electron chi connectivity index (χ2n) is 6.19. The van der Waals surface area contributed by atoms with E-state index in [1.54, 1.807) is 18.2 Å². The lowest BCUT2D eigenvalue weighted by Gasteiger charge is -2.26. The van der Waals surface area contributed by atoms with Gasteiger partial charge in [-0.3, -0.25) is 23.9 Å². The first kappa shape index (κ1) is 19.9. The molecule has 10 heteroatoms. The molecule has 0 fully saturated rings. The molecule has 3 N–H and O–H groups in total. The molecule has 0 bridgehead atoms. The quantitative estimate of drug-likeness (QED) is 0.617. The van der Waals surface area contributed by atoms with Gasteiger partial charge in [-0.2, -0.15) is 0 Å². The molecule has 1 aromatic carbocycles. The number of H-pyrrole nitrogens is 1. The molecule has 2 heterocycles. The maximum Gasteiger partial charge on any atom is 0.330 e. The molecule has 1 atom stereocenters. The summed E-state index contributed by atoms with van der Waals surface area (Å²) in [7, 11) is 1.47. The minimum atomic E-state index is -1.01. The summed E-state index contributed by atoms with van der Waals surface area (Å²) in [5.41, 5.74) is -0.733. The lowest BCUT2D eigenvalue weighted by atomic mass is 9.92. The van der Waals surface area contributed by atoms with E-state index in [-0.39, 0.29) is 31.0 Å². The van der Waals surface area contributed by atoms with E-state index < -0.39 is 29.0 Å². The number of hydrogen-bond acceptors (Lipinski definition) is 6. The Kier molecular flexibility index (Phi) is 6.00. The van der Waals surface area contributed by atoms with E-state index in [4.69, 9.17) is 4.74 Å². The van der Waals surface area contributed by atoms with Crippen LogP contribution in [0.3, 0.4) is 0 Å². The normalized spacial score (nSPS) is 15.6. The molecule has 2 aromatic rings. The van der Waals surface area contributed by atoms with Gasteiger partial charge in [-0.1, -0.05) is 6.07 Å². The van der Waals surface area contributed by atoms with E-state index in [1.807, 2.05) is 12.3 Å². The van der Waals surface area contributed by atoms with Crippen LogP contribution in [0.2, 0.25) is 0 Å². The maximum absolute atomic E-state index is 12.9. The Morgan fingerprint density at radius 2 is 2.14 bits per heavy atom. The Hall–Kier alpha value is -2.85. The molecule has 0 saturated carbocycles. The number of carbonyl (C=O) groups is 2. The molecular formula is C18H20N4O5S. The summed E-state index contributed by atoms with van der Waals surface area (Å²) in [5, 5.41) is 5.31. The second kappa shape index (κ2) is 8.44. The largest absolute Gasteiger partial charge is 0.383 e. The number of methoxy groups -OCH3 is 1. The summed E-state index contributed by atoms with van der Waals surface area (Å²) >= 11 is 1.53. The number of ether oxygens (including phenoxy) is 1. The molecule has 148 valence electrons. The molecule has 0 aliphatic carbocycles. The highest BCUT2D eigenvalue weighted by Crippen LogP contribution is 2.30. The van der Waals surface area contributed by atoms with Crippen molar-refractivity contribution in [2.75, 3.05) is 30.6 Å². The fraction of sp³-hybridized carbons (Fsp3) is 0.333. The van der Waals surface area contributed by atoms with Gasteiger partial charge >= 0.3 is 5.69 Å². The van der Waals surface area contributed by atoms with Crippen molar-refractivity contribution >= 4 is 35.1 Å². The van der Waals surface area contributed by atoms with Gasteiger partial charge < -0.3 is 15.4 Å². The molecule has 9 nitrogen and oxygen atoms in total. The summed E-state index contributed by atoms with van der Waals surface area (Å²) in [4.78, 5) is 52.9. The van der Waals surface area contributed by atoms with Crippen LogP contribution in [-0.2, 0) is 20.9 Å². The van der Waals surface area contributed by atoms with Gasteiger partial charge in [-0.15, -0.1) is 11.8 Å². The number of thioether (sulfide) groups is 1. The first-order valence-corrected chi connectivity index (χ1v) is 9.77. The van der Waals surface area contributed by atoms with Gasteiger partial charge in [0.2, 0.25) is 11.8 Å². The predicted octanol–water partition coefficient (Wildman–Crippen LogP) is 0.969. The van der Waals surface area contributed by atoms with E-state index in [0.717, 1.165) is 4.90 Å². The molecule has 1 aromatic heterocycles. The van der Waals surface area contributed by atoms with Crippen molar-refractivity contribution in [2.45, 2.75) is 23.8 Å². The third-order valence-electron chi connectivity index (χ3n) is 4.40. The van der Waals surface area contributed by atoms with Crippen molar-refractivity contribution in [3.8, 4) is 0 Å². The summed E-state index contributed by atoms with van der Waals surface area (Å²) < 4.78 is 6.18. The van der Waals surface area contributed by atoms with E-state index >= 15 is 0 Å². The van der Waals surface area contributed by atoms with Crippen molar-refractivity contribution in [3.63, 3.8) is 0 Å². The van der Waals surface area contributed by atoms with E-state index in [1.165, 1.54) is 23.4 Å². The Labute approximate surface area is 164 Å². The average molecular weight is 404 g/mol. The molecule has 3 rings (SSSR count). The Morgan fingerprint density at radius 3 is 2.86 bits per heavy atom. The summed E-state index contributed by atoms with van der Waals surface area (Å²) in [6, 6.07) is 7.24. The molecule has 28 heavy (non-hydrogen) atoms. The van der Waals surface area contributed by atoms with Crippen molar-refractivity contribution in [1.29, 1.82) is 0 Å². The average Bonchev–Trinajstić information content (AvgIpc) is 2.67. The predicted molar refractivity (Wildman–Crippen MR) is 106 cm³/mol. The first-order valence-electron chi connectivity index (χ1n) is 8.55. The van der Waals surface area contributed by atoms with E-state index in [0.29, 0.717) is 5.69 Å². The number of fused-ring (bicyclic) bond motifs is 1. The van der Waals surface area contributed by atoms with Crippen molar-refractivity contribution in [1.82, 2.24) is 9.55 Å². The SMILES string of the molecule is COCCn1c2c(c(=O)[nH]c1=O)[C@H](C(=O)Nc1cccc(SC)c1)CC(=O)N2. The molecule has 0 spiro atoms. The number of aromatic amines is 1. The number of hydrogen-bond donors (Lipinski definition) is 3. The standard InChI is InChI=1S/C18H20N4O5S/c1-27-7-6-22-15-14(17(25)21-18(22)26)12(9-13(23)20-15)16(24)19-10-4-3-5-11(8-10)28-2/h3-5,8,12H,6-7,9H2,1-2H3,(H,19,24)(H,20,23)(H,21,25,26)/t12-/m1/s1. The lowest BCUT2D eigenvalue weighted by molar-refractivity contribution is -0.123. The molecule has 0 unspecified atom stereocenters. The number of anilines is 2. The van der Waals surface area contributed by atoms with Gasteiger partial charge in [0.15, 0.2) is 0 Å². The molecule has 1 aliphatic rings. The number of carbonyl (C=O) groups excluding carboxylic acids is 2. The number of rotatable bonds is 6. The van der Waals surface area contributed by atoms with Gasteiger partial charge in [-0.05, 0) is 24.5 Å². The minimum Gasteiger partial charge on any atom is -0.383 e. The smallest absolute Gasteiger partial charge is 0.330 e. The van der Waals surface area contributed by atoms with E-state index in [9.17, 15) is 19.2 Å². The van der Waals surface area contributed by atoms with Crippen molar-refractivity contribution < 1.29 is 14.3 Å². The Bertz CT molecular complexity index is 1030. The van der Waals surface area contributed by atoms with Crippen LogP contribution in [0, 0.1) is 0 Å². The number of benzene rings is 1. The highest BCUT2D eigenvalue weighted by atomic mass is 32.2. The summed E-state index contributed by atoms with van der Waals surface area (Å²) in [5.74, 6) is -1.90. The Morgan fingerprint density at radius 1 is 1.36 bits per heavy atom. The molecule has 0 radical (unpaired) electrons. The monoisotopic (exact) mass is 404 g/mol. The van der Waals surface area contributed by atoms with Gasteiger partial charge in [0.25, 0.3) is 5.56 Å². The molecule has 1 aliphatic heterocycles. The highest BCUT2D eigenvalue weighted by Gasteiger charge is 2.35. The van der Waals surface area contributed by atoms with Gasteiger partial charge in [0.1, 0.15) is 5.82 Å². The zero-order valence-corrected chi connectivity index (χ0v) is 16.2. The molecule has 0 saturated heterocycles. The number of nitrogens with zero attached hydrogens (tertiary/aromatic N) is 1. The van der Waals surface area contributed by atoms with Crippen LogP contribution in [0.25, 0.3) is 0 Å². The summed E-state index contributed by atoms with van der Waals surface area (Å²) in [6.45, 7) is 0.325. The number of aromatic nitrogens is 2. The van der Waals surface area contributed by atoms with Gasteiger partial charge in [0, 0.05) is 24.1 Å². The second-order valence-corrected chi connectivity index (χ2v) is 7.07. The third-order valence-corrected chi connectivity index (χ3v) is 5.13. The number of amides is 2. The fourth-order valence-electron chi connectivity index (χ4n) is 3.06. The van der Waals surface area contributed by atoms with Crippen LogP contribution in [0.5, 0.6) is 0 Å². The zero-order valence-electron chi connectivity index (χ0n) is 15.4. The third kappa shape index (κ3) is 4.02. The zero-order chi connectivity index (χ0) is 20.3. The van der Waals surface area contributed by atoms with Crippen LogP contribution in [0.15, 0.2) is 38.8 Å². The Balaban J connectivity index is 2.00. The first-order chi connectivity index (χ1) is 13.4. The van der Waals surface area contributed by atoms with Gasteiger partial charge in [0.05, 0.1) is 24.6 Å². The minimum absolute atomic E-state index is 0.0417. The number of nitrogens with one attached hydrogen (secondary N) is 3. The van der Waals surface area contributed by atoms with Crippen LogP contribution in [0.1, 0.15) is 17.9 Å². The van der Waals surface area contributed by atoms with Gasteiger partial charge in [-0.25, -0.2) is 4.79 Å². The van der Waals surface area contributed by atoms with Crippen LogP contribution >= 0.6 is 11.8 Å². The topological polar surface area (TPSA) is 122 Å². The molecule has 2 amide bonds. The maximum atomic E-state index is 12.9. The van der Waals surface area contributed by atoms with Crippen LogP contribution < -0.4 is 21.9 Å². The van der Waals surface area contributed by atoms with Crippen molar-refractivity contribution in [2.24, 2.45) is 0 Å². The van der Waals surface area contributed by atoms with Crippen molar-refractivity contribution in [3.05, 3.63) is 50.7 Å². The molecular weight excluding hydrogens is 384 g/mol. The fourth-order valence-corrected chi connectivity index (χ4v) is 3.52. The van der Waals surface area contributed by atoms with Crippen LogP contribution in [0.4, 0.5) is 11.5 Å². The van der Waals surface area contributed by atoms with Crippen LogP contribution in [-0.4, -0.2) is 41.3 Å².